The van der Waals surface area contributed by atoms with Gasteiger partial charge in [-0.3, -0.25) is 14.5 Å². The van der Waals surface area contributed by atoms with Crippen LogP contribution in [-0.4, -0.2) is 36.2 Å². The van der Waals surface area contributed by atoms with Crippen LogP contribution < -0.4 is 14.4 Å². The molecule has 1 atom stereocenters. The topological polar surface area (TPSA) is 115 Å². The van der Waals surface area contributed by atoms with E-state index < -0.39 is 23.5 Å². The summed E-state index contributed by atoms with van der Waals surface area (Å²) in [6, 6.07) is 14.2. The van der Waals surface area contributed by atoms with Crippen LogP contribution in [0.4, 0.5) is 5.82 Å². The number of Topliss-reactive ketones (excluding diaryl/α,β-unsaturated/α-hetero) is 1. The predicted molar refractivity (Wildman–Crippen MR) is 121 cm³/mol. The van der Waals surface area contributed by atoms with Gasteiger partial charge in [-0.05, 0) is 37.3 Å². The number of hydrogen-bond acceptors (Lipinski definition) is 8. The number of amides is 1. The van der Waals surface area contributed by atoms with Gasteiger partial charge in [-0.25, -0.2) is 0 Å². The smallest absolute Gasteiger partial charge is 0.295 e. The molecule has 5 rings (SSSR count). The maximum atomic E-state index is 13.7. The first-order chi connectivity index (χ1) is 16.4. The number of nitrogens with zero attached hydrogens (tertiary/aromatic N) is 2. The Morgan fingerprint density at radius 3 is 2.56 bits per heavy atom. The zero-order valence-electron chi connectivity index (χ0n) is 18.6. The Morgan fingerprint density at radius 1 is 1.09 bits per heavy atom. The zero-order chi connectivity index (χ0) is 24.0. The van der Waals surface area contributed by atoms with Crippen LogP contribution in [0, 0.1) is 6.92 Å². The number of aromatic nitrogens is 1. The largest absolute Gasteiger partial charge is 0.503 e. The number of carbonyl (C=O) groups excluding carboxylic acids is 2. The Labute approximate surface area is 193 Å². The lowest BCUT2D eigenvalue weighted by atomic mass is 9.94. The normalized spacial score (nSPS) is 15.9. The average molecular weight is 460 g/mol. The molecule has 0 saturated heterocycles. The van der Waals surface area contributed by atoms with Gasteiger partial charge < -0.3 is 23.5 Å². The van der Waals surface area contributed by atoms with Gasteiger partial charge in [0.25, 0.3) is 5.91 Å². The number of para-hydroxylation sites is 1. The molecule has 0 saturated carbocycles. The lowest BCUT2D eigenvalue weighted by molar-refractivity contribution is -0.117. The molecule has 2 aromatic heterocycles. The highest BCUT2D eigenvalue weighted by molar-refractivity contribution is 6.20. The number of ether oxygens (including phenoxy) is 2. The fraction of sp³-hybridized carbons (Fsp3) is 0.160. The molecule has 34 heavy (non-hydrogen) atoms. The number of aliphatic hydroxyl groups is 1. The molecule has 0 aliphatic carbocycles. The molecule has 1 aliphatic rings. The van der Waals surface area contributed by atoms with E-state index in [0.717, 1.165) is 5.39 Å². The predicted octanol–water partition coefficient (Wildman–Crippen LogP) is 4.53. The van der Waals surface area contributed by atoms with Crippen LogP contribution in [0.3, 0.4) is 0 Å². The third kappa shape index (κ3) is 3.29. The number of furan rings is 1. The van der Waals surface area contributed by atoms with Gasteiger partial charge in [0.15, 0.2) is 17.3 Å². The van der Waals surface area contributed by atoms with Gasteiger partial charge in [0.1, 0.15) is 28.9 Å². The van der Waals surface area contributed by atoms with E-state index in [1.165, 1.54) is 19.1 Å². The molecule has 0 bridgehead atoms. The van der Waals surface area contributed by atoms with E-state index in [1.54, 1.807) is 55.5 Å². The lowest BCUT2D eigenvalue weighted by Crippen LogP contribution is -2.31. The van der Waals surface area contributed by atoms with Gasteiger partial charge >= 0.3 is 0 Å². The average Bonchev–Trinajstić information content (AvgIpc) is 3.54. The number of fused-ring (bicyclic) bond motifs is 1. The molecule has 172 valence electrons. The first-order valence-corrected chi connectivity index (χ1v) is 10.4. The Kier molecular flexibility index (Phi) is 5.09. The highest BCUT2D eigenvalue weighted by atomic mass is 16.5. The van der Waals surface area contributed by atoms with Crippen molar-refractivity contribution in [1.29, 1.82) is 0 Å². The van der Waals surface area contributed by atoms with Gasteiger partial charge in [0.2, 0.25) is 5.78 Å². The molecule has 1 aliphatic heterocycles. The van der Waals surface area contributed by atoms with Crippen LogP contribution in [0.15, 0.2) is 74.9 Å². The molecule has 1 amide bonds. The summed E-state index contributed by atoms with van der Waals surface area (Å²) in [5, 5.41) is 15.6. The van der Waals surface area contributed by atoms with Crippen molar-refractivity contribution in [3.05, 3.63) is 83.0 Å². The van der Waals surface area contributed by atoms with Crippen LogP contribution in [-0.2, 0) is 4.79 Å². The van der Waals surface area contributed by atoms with Gasteiger partial charge in [-0.15, -0.1) is 0 Å². The van der Waals surface area contributed by atoms with Crippen molar-refractivity contribution in [2.24, 2.45) is 0 Å². The maximum Gasteiger partial charge on any atom is 0.295 e. The Balaban J connectivity index is 1.71. The summed E-state index contributed by atoms with van der Waals surface area (Å²) in [5.41, 5.74) is 0.755. The zero-order valence-corrected chi connectivity index (χ0v) is 18.6. The van der Waals surface area contributed by atoms with Gasteiger partial charge in [-0.1, -0.05) is 23.4 Å². The minimum Gasteiger partial charge on any atom is -0.503 e. The van der Waals surface area contributed by atoms with Crippen molar-refractivity contribution in [3.63, 3.8) is 0 Å². The third-order valence-corrected chi connectivity index (χ3v) is 5.70. The number of benzene rings is 2. The first-order valence-electron chi connectivity index (χ1n) is 10.4. The standard InChI is InChI=1S/C25H20N2O7/c1-13-10-20(26-34-13)27-22(16-12-15(31-2)8-9-18(16)32-3)21(24(29)25(27)30)23(28)19-11-14-6-4-5-7-17(14)33-19/h4-12,22,29H,1-3H3/t22-/m1/s1. The van der Waals surface area contributed by atoms with E-state index in [9.17, 15) is 14.7 Å². The van der Waals surface area contributed by atoms with Crippen LogP contribution in [0.25, 0.3) is 11.0 Å². The molecule has 9 heteroatoms. The lowest BCUT2D eigenvalue weighted by Gasteiger charge is -2.26. The Bertz CT molecular complexity index is 1430. The second-order valence-corrected chi connectivity index (χ2v) is 7.72. The molecule has 1 N–H and O–H groups in total. The fourth-order valence-electron chi connectivity index (χ4n) is 4.11. The number of carbonyl (C=O) groups is 2. The van der Waals surface area contributed by atoms with Gasteiger partial charge in [-0.2, -0.15) is 0 Å². The minimum absolute atomic E-state index is 0.0133. The molecule has 3 heterocycles. The summed E-state index contributed by atoms with van der Waals surface area (Å²) in [5.74, 6) is -0.717. The maximum absolute atomic E-state index is 13.7. The molecular formula is C25H20N2O7. The van der Waals surface area contributed by atoms with Crippen LogP contribution in [0.5, 0.6) is 11.5 Å². The quantitative estimate of drug-likeness (QED) is 0.417. The minimum atomic E-state index is -1.08. The SMILES string of the molecule is COc1ccc(OC)c([C@@H]2C(C(=O)c3cc4ccccc4o3)=C(O)C(=O)N2c2cc(C)on2)c1. The number of anilines is 1. The number of aryl methyl sites for hydroxylation is 1. The number of ketones is 1. The van der Waals surface area contributed by atoms with Crippen LogP contribution >= 0.6 is 0 Å². The van der Waals surface area contributed by atoms with Crippen LogP contribution in [0.1, 0.15) is 27.9 Å². The van der Waals surface area contributed by atoms with E-state index in [-0.39, 0.29) is 17.2 Å². The highest BCUT2D eigenvalue weighted by Crippen LogP contribution is 2.45. The van der Waals surface area contributed by atoms with Crippen molar-refractivity contribution < 1.29 is 33.1 Å². The third-order valence-electron chi connectivity index (χ3n) is 5.70. The summed E-state index contributed by atoms with van der Waals surface area (Å²) in [6.45, 7) is 1.67. The molecule has 0 radical (unpaired) electrons. The second kappa shape index (κ2) is 8.11. The fourth-order valence-corrected chi connectivity index (χ4v) is 4.11. The number of hydrogen-bond donors (Lipinski definition) is 1. The van der Waals surface area contributed by atoms with E-state index in [2.05, 4.69) is 5.16 Å². The van der Waals surface area contributed by atoms with Crippen molar-refractivity contribution in [2.45, 2.75) is 13.0 Å². The van der Waals surface area contributed by atoms with E-state index in [4.69, 9.17) is 18.4 Å². The first kappa shape index (κ1) is 21.3. The second-order valence-electron chi connectivity index (χ2n) is 7.72. The number of aliphatic hydroxyl groups excluding tert-OH is 1. The molecule has 9 nitrogen and oxygen atoms in total. The molecule has 2 aromatic carbocycles. The van der Waals surface area contributed by atoms with Crippen molar-refractivity contribution in [1.82, 2.24) is 5.16 Å². The Hall–Kier alpha value is -4.53. The van der Waals surface area contributed by atoms with Crippen molar-refractivity contribution in [3.8, 4) is 11.5 Å². The summed E-state index contributed by atoms with van der Waals surface area (Å²) >= 11 is 0. The molecular weight excluding hydrogens is 440 g/mol. The monoisotopic (exact) mass is 460 g/mol. The summed E-state index contributed by atoms with van der Waals surface area (Å²) < 4.78 is 21.8. The molecule has 4 aromatic rings. The molecule has 0 spiro atoms. The van der Waals surface area contributed by atoms with E-state index in [1.807, 2.05) is 6.07 Å². The molecule has 0 unspecified atom stereocenters. The summed E-state index contributed by atoms with van der Waals surface area (Å²) in [6.07, 6.45) is 0. The summed E-state index contributed by atoms with van der Waals surface area (Å²) in [7, 11) is 2.97. The number of methoxy groups -OCH3 is 2. The molecule has 0 fully saturated rings. The van der Waals surface area contributed by atoms with E-state index in [0.29, 0.717) is 28.4 Å². The highest BCUT2D eigenvalue weighted by Gasteiger charge is 2.47. The number of rotatable bonds is 6. The van der Waals surface area contributed by atoms with Gasteiger partial charge in [0, 0.05) is 17.0 Å². The Morgan fingerprint density at radius 2 is 1.88 bits per heavy atom. The van der Waals surface area contributed by atoms with E-state index >= 15 is 0 Å². The van der Waals surface area contributed by atoms with Crippen molar-refractivity contribution >= 4 is 28.5 Å². The van der Waals surface area contributed by atoms with Crippen molar-refractivity contribution in [2.75, 3.05) is 19.1 Å². The van der Waals surface area contributed by atoms with Crippen LogP contribution in [0.2, 0.25) is 0 Å². The summed E-state index contributed by atoms with van der Waals surface area (Å²) in [4.78, 5) is 28.1. The van der Waals surface area contributed by atoms with Gasteiger partial charge in [0.05, 0.1) is 19.8 Å².